The molecule has 0 radical (unpaired) electrons. The highest BCUT2D eigenvalue weighted by atomic mass is 32.1. The van der Waals surface area contributed by atoms with E-state index in [2.05, 4.69) is 30.4 Å². The monoisotopic (exact) mass is 383 g/mol. The van der Waals surface area contributed by atoms with Crippen LogP contribution < -0.4 is 10.2 Å². The lowest BCUT2D eigenvalue weighted by molar-refractivity contribution is -0.120. The average Bonchev–Trinajstić information content (AvgIpc) is 3.32. The third-order valence-electron chi connectivity index (χ3n) is 4.78. The minimum Gasteiger partial charge on any atom is -0.354 e. The zero-order valence-corrected chi connectivity index (χ0v) is 16.1. The van der Waals surface area contributed by atoms with E-state index in [4.69, 9.17) is 0 Å². The predicted octanol–water partition coefficient (Wildman–Crippen LogP) is 2.59. The molecule has 1 amide bonds. The van der Waals surface area contributed by atoms with Gasteiger partial charge in [0.05, 0.1) is 11.6 Å². The lowest BCUT2D eigenvalue weighted by atomic mass is 9.97. The van der Waals surface area contributed by atoms with Crippen LogP contribution in [0.15, 0.2) is 30.9 Å². The Morgan fingerprint density at radius 1 is 1.26 bits per heavy atom. The topological polar surface area (TPSA) is 88.8 Å². The quantitative estimate of drug-likeness (QED) is 0.745. The number of carbonyl (C=O) groups excluding carboxylic acids is 1. The zero-order chi connectivity index (χ0) is 18.8. The molecule has 0 saturated carbocycles. The van der Waals surface area contributed by atoms with Crippen LogP contribution in [0.1, 0.15) is 23.4 Å². The van der Waals surface area contributed by atoms with Gasteiger partial charge in [0.15, 0.2) is 16.8 Å². The maximum atomic E-state index is 12.7. The highest BCUT2D eigenvalue weighted by Crippen LogP contribution is 2.25. The molecule has 8 nitrogen and oxygen atoms in total. The molecule has 0 unspecified atom stereocenters. The van der Waals surface area contributed by atoms with Crippen molar-refractivity contribution in [3.05, 3.63) is 41.4 Å². The van der Waals surface area contributed by atoms with E-state index < -0.39 is 0 Å². The van der Waals surface area contributed by atoms with Gasteiger partial charge in [-0.1, -0.05) is 0 Å². The van der Waals surface area contributed by atoms with Gasteiger partial charge in [-0.25, -0.2) is 9.97 Å². The van der Waals surface area contributed by atoms with Crippen molar-refractivity contribution in [2.24, 2.45) is 5.92 Å². The Morgan fingerprint density at radius 3 is 2.74 bits per heavy atom. The lowest BCUT2D eigenvalue weighted by Crippen LogP contribution is -2.41. The molecule has 3 aromatic heterocycles. The fourth-order valence-corrected chi connectivity index (χ4v) is 3.97. The summed E-state index contributed by atoms with van der Waals surface area (Å²) in [5.74, 6) is 1.45. The molecule has 3 aromatic rings. The fourth-order valence-electron chi connectivity index (χ4n) is 3.15. The lowest BCUT2D eigenvalue weighted by Gasteiger charge is -2.32. The van der Waals surface area contributed by atoms with E-state index in [9.17, 15) is 4.79 Å². The molecule has 0 spiro atoms. The summed E-state index contributed by atoms with van der Waals surface area (Å²) in [5, 5.41) is 12.3. The number of carbonyl (C=O) groups is 1. The van der Waals surface area contributed by atoms with Gasteiger partial charge in [0.1, 0.15) is 6.33 Å². The van der Waals surface area contributed by atoms with Crippen molar-refractivity contribution in [1.29, 1.82) is 0 Å². The number of aromatic nitrogens is 5. The molecule has 140 valence electrons. The van der Waals surface area contributed by atoms with E-state index >= 15 is 0 Å². The number of nitrogens with one attached hydrogen (secondary N) is 1. The molecule has 1 aliphatic rings. The second kappa shape index (κ2) is 7.43. The fraction of sp³-hybridized carbons (Fsp3) is 0.389. The molecular formula is C18H21N7OS. The van der Waals surface area contributed by atoms with Gasteiger partial charge in [-0.3, -0.25) is 9.36 Å². The molecule has 1 N–H and O–H groups in total. The molecule has 4 rings (SSSR count). The van der Waals surface area contributed by atoms with Gasteiger partial charge >= 0.3 is 0 Å². The summed E-state index contributed by atoms with van der Waals surface area (Å²) < 4.78 is 1.81. The Bertz CT molecular complexity index is 900. The van der Waals surface area contributed by atoms with Gasteiger partial charge < -0.3 is 10.2 Å². The molecular weight excluding hydrogens is 362 g/mol. The van der Waals surface area contributed by atoms with Crippen molar-refractivity contribution < 1.29 is 4.79 Å². The largest absolute Gasteiger partial charge is 0.354 e. The summed E-state index contributed by atoms with van der Waals surface area (Å²) in [6.45, 7) is 5.47. The van der Waals surface area contributed by atoms with Crippen molar-refractivity contribution in [1.82, 2.24) is 24.7 Å². The summed E-state index contributed by atoms with van der Waals surface area (Å²) in [6, 6.07) is 3.85. The van der Waals surface area contributed by atoms with Crippen LogP contribution >= 0.6 is 11.3 Å². The number of anilines is 2. The molecule has 1 fully saturated rings. The summed E-state index contributed by atoms with van der Waals surface area (Å²) in [5.41, 5.74) is 0.967. The minimum absolute atomic E-state index is 0.0245. The Labute approximate surface area is 161 Å². The van der Waals surface area contributed by atoms with E-state index in [1.54, 1.807) is 17.1 Å². The van der Waals surface area contributed by atoms with E-state index in [1.165, 1.54) is 11.3 Å². The van der Waals surface area contributed by atoms with E-state index in [0.29, 0.717) is 11.7 Å². The smallest absolute Gasteiger partial charge is 0.231 e. The van der Waals surface area contributed by atoms with Crippen LogP contribution in [-0.2, 0) is 4.79 Å². The number of thiazole rings is 1. The number of rotatable bonds is 4. The first-order valence-corrected chi connectivity index (χ1v) is 9.73. The van der Waals surface area contributed by atoms with Crippen LogP contribution in [0, 0.1) is 19.8 Å². The summed E-state index contributed by atoms with van der Waals surface area (Å²) in [7, 11) is 0. The number of piperidine rings is 1. The van der Waals surface area contributed by atoms with Crippen molar-refractivity contribution >= 4 is 28.2 Å². The first-order chi connectivity index (χ1) is 13.1. The van der Waals surface area contributed by atoms with Crippen LogP contribution in [0.2, 0.25) is 0 Å². The highest BCUT2D eigenvalue weighted by molar-refractivity contribution is 7.15. The first kappa shape index (κ1) is 17.6. The molecule has 1 atom stereocenters. The molecule has 1 saturated heterocycles. The van der Waals surface area contributed by atoms with Crippen molar-refractivity contribution in [2.75, 3.05) is 23.3 Å². The van der Waals surface area contributed by atoms with Gasteiger partial charge in [-0.05, 0) is 38.8 Å². The number of imidazole rings is 1. The van der Waals surface area contributed by atoms with Crippen molar-refractivity contribution in [3.8, 4) is 5.82 Å². The SMILES string of the molecule is Cc1nc(NC(=O)[C@@H]2CCCN(c3ccc(-n4ccnc4)nn3)C2)sc1C. The standard InChI is InChI=1S/C18H21N7OS/c1-12-13(2)27-18(20-12)21-17(26)14-4-3-8-24(10-14)15-5-6-16(23-22-15)25-9-7-19-11-25/h5-7,9,11,14H,3-4,8,10H2,1-2H3,(H,20,21,26)/t14-/m1/s1. The Balaban J connectivity index is 1.42. The molecule has 0 bridgehead atoms. The van der Waals surface area contributed by atoms with E-state index in [-0.39, 0.29) is 11.8 Å². The normalized spacial score (nSPS) is 17.1. The third-order valence-corrected chi connectivity index (χ3v) is 5.77. The van der Waals surface area contributed by atoms with Gasteiger partial charge in [0.25, 0.3) is 0 Å². The number of hydrogen-bond acceptors (Lipinski definition) is 7. The van der Waals surface area contributed by atoms with Gasteiger partial charge in [-0.15, -0.1) is 21.5 Å². The molecule has 9 heteroatoms. The second-order valence-corrected chi connectivity index (χ2v) is 7.86. The average molecular weight is 383 g/mol. The first-order valence-electron chi connectivity index (χ1n) is 8.92. The minimum atomic E-state index is -0.0848. The van der Waals surface area contributed by atoms with Gasteiger partial charge in [0.2, 0.25) is 5.91 Å². The molecule has 0 aromatic carbocycles. The maximum absolute atomic E-state index is 12.7. The second-order valence-electron chi connectivity index (χ2n) is 6.65. The van der Waals surface area contributed by atoms with E-state index in [0.717, 1.165) is 41.6 Å². The van der Waals surface area contributed by atoms with Crippen LogP contribution in [0.3, 0.4) is 0 Å². The number of nitrogens with zero attached hydrogens (tertiary/aromatic N) is 6. The number of amides is 1. The van der Waals surface area contributed by atoms with Gasteiger partial charge in [0, 0.05) is 30.4 Å². The molecule has 27 heavy (non-hydrogen) atoms. The highest BCUT2D eigenvalue weighted by Gasteiger charge is 2.27. The Kier molecular flexibility index (Phi) is 4.85. The number of hydrogen-bond donors (Lipinski definition) is 1. The Morgan fingerprint density at radius 2 is 2.07 bits per heavy atom. The summed E-state index contributed by atoms with van der Waals surface area (Å²) >= 11 is 1.52. The summed E-state index contributed by atoms with van der Waals surface area (Å²) in [4.78, 5) is 24.3. The van der Waals surface area contributed by atoms with E-state index in [1.807, 2.05) is 32.2 Å². The summed E-state index contributed by atoms with van der Waals surface area (Å²) in [6.07, 6.45) is 7.03. The van der Waals surface area contributed by atoms with Crippen molar-refractivity contribution in [2.45, 2.75) is 26.7 Å². The van der Waals surface area contributed by atoms with Crippen molar-refractivity contribution in [3.63, 3.8) is 0 Å². The van der Waals surface area contributed by atoms with Crippen LogP contribution in [0.4, 0.5) is 10.9 Å². The van der Waals surface area contributed by atoms with Crippen LogP contribution in [-0.4, -0.2) is 43.7 Å². The third kappa shape index (κ3) is 3.82. The molecule has 0 aliphatic carbocycles. The Hall–Kier alpha value is -2.81. The molecule has 4 heterocycles. The molecule has 1 aliphatic heterocycles. The number of aryl methyl sites for hydroxylation is 2. The zero-order valence-electron chi connectivity index (χ0n) is 15.3. The van der Waals surface area contributed by atoms with Gasteiger partial charge in [-0.2, -0.15) is 0 Å². The van der Waals surface area contributed by atoms with Crippen LogP contribution in [0.5, 0.6) is 0 Å². The predicted molar refractivity (Wildman–Crippen MR) is 104 cm³/mol. The maximum Gasteiger partial charge on any atom is 0.231 e. The van der Waals surface area contributed by atoms with Crippen LogP contribution in [0.25, 0.3) is 5.82 Å².